The van der Waals surface area contributed by atoms with Gasteiger partial charge in [-0.3, -0.25) is 4.79 Å². The van der Waals surface area contributed by atoms with Crippen LogP contribution in [0.25, 0.3) is 0 Å². The van der Waals surface area contributed by atoms with Crippen LogP contribution in [0.5, 0.6) is 0 Å². The monoisotopic (exact) mass is 265 g/mol. The predicted octanol–water partition coefficient (Wildman–Crippen LogP) is 1.46. The maximum absolute atomic E-state index is 12.6. The zero-order valence-electron chi connectivity index (χ0n) is 10.5. The first-order valence-corrected chi connectivity index (χ1v) is 7.84. The summed E-state index contributed by atoms with van der Waals surface area (Å²) in [4.78, 5) is 14.4. The Morgan fingerprint density at radius 1 is 1.39 bits per heavy atom. The highest BCUT2D eigenvalue weighted by Crippen LogP contribution is 2.46. The Balaban J connectivity index is 1.83. The van der Waals surface area contributed by atoms with Crippen molar-refractivity contribution in [2.24, 2.45) is 11.7 Å². The summed E-state index contributed by atoms with van der Waals surface area (Å²) in [6, 6.07) is 1.97. The molecule has 0 radical (unpaired) electrons. The highest BCUT2D eigenvalue weighted by Gasteiger charge is 2.57. The third-order valence-electron chi connectivity index (χ3n) is 4.72. The van der Waals surface area contributed by atoms with Gasteiger partial charge in [-0.25, -0.2) is 0 Å². The van der Waals surface area contributed by atoms with E-state index >= 15 is 0 Å². The maximum Gasteiger partial charge on any atom is 0.245 e. The van der Waals surface area contributed by atoms with Crippen LogP contribution >= 0.6 is 11.8 Å². The quantitative estimate of drug-likeness (QED) is 0.779. The lowest BCUT2D eigenvalue weighted by atomic mass is 9.74. The Kier molecular flexibility index (Phi) is 3.03. The second-order valence-corrected chi connectivity index (χ2v) is 6.94. The minimum Gasteiger partial charge on any atom is -0.317 e. The van der Waals surface area contributed by atoms with E-state index < -0.39 is 5.54 Å². The van der Waals surface area contributed by atoms with Gasteiger partial charge < -0.3 is 10.6 Å². The van der Waals surface area contributed by atoms with E-state index in [1.165, 1.54) is 19.3 Å². The van der Waals surface area contributed by atoms with Crippen molar-refractivity contribution in [2.75, 3.05) is 5.75 Å². The van der Waals surface area contributed by atoms with Crippen molar-refractivity contribution < 1.29 is 4.79 Å². The molecular formula is C13H19N3OS. The number of carbonyl (C=O) groups is 1. The minimum absolute atomic E-state index is 0.0379. The van der Waals surface area contributed by atoms with Crippen molar-refractivity contribution in [2.45, 2.75) is 55.5 Å². The van der Waals surface area contributed by atoms with Crippen LogP contribution in [0.2, 0.25) is 0 Å². The van der Waals surface area contributed by atoms with Crippen molar-refractivity contribution in [1.82, 2.24) is 4.90 Å². The van der Waals surface area contributed by atoms with E-state index in [1.54, 1.807) is 16.7 Å². The molecule has 0 spiro atoms. The number of hydrogen-bond donors (Lipinski definition) is 1. The summed E-state index contributed by atoms with van der Waals surface area (Å²) in [6.45, 7) is 0. The van der Waals surface area contributed by atoms with Gasteiger partial charge in [-0.1, -0.05) is 19.3 Å². The summed E-state index contributed by atoms with van der Waals surface area (Å²) in [5, 5.41) is 9.26. The van der Waals surface area contributed by atoms with Gasteiger partial charge in [0.25, 0.3) is 0 Å². The van der Waals surface area contributed by atoms with Crippen LogP contribution in [-0.2, 0) is 4.79 Å². The average Bonchev–Trinajstić information content (AvgIpc) is 2.91. The number of rotatable bonds is 1. The van der Waals surface area contributed by atoms with Gasteiger partial charge in [0.2, 0.25) is 5.91 Å². The third-order valence-corrected chi connectivity index (χ3v) is 6.01. The van der Waals surface area contributed by atoms with E-state index in [9.17, 15) is 4.79 Å². The molecule has 0 aromatic rings. The Labute approximate surface area is 112 Å². The zero-order chi connectivity index (χ0) is 12.8. The predicted molar refractivity (Wildman–Crippen MR) is 70.6 cm³/mol. The first-order chi connectivity index (χ1) is 8.66. The molecule has 3 rings (SSSR count). The van der Waals surface area contributed by atoms with Crippen LogP contribution in [0.1, 0.15) is 38.5 Å². The molecule has 98 valence electrons. The highest BCUT2D eigenvalue weighted by atomic mass is 32.2. The molecule has 3 aliphatic rings. The smallest absolute Gasteiger partial charge is 0.245 e. The molecule has 0 aromatic carbocycles. The van der Waals surface area contributed by atoms with Gasteiger partial charge in [0.15, 0.2) is 0 Å². The molecule has 2 heterocycles. The van der Waals surface area contributed by atoms with Crippen LogP contribution in [0.4, 0.5) is 0 Å². The fraction of sp³-hybridized carbons (Fsp3) is 0.846. The van der Waals surface area contributed by atoms with Gasteiger partial charge in [-0.05, 0) is 18.8 Å². The number of nitriles is 1. The van der Waals surface area contributed by atoms with E-state index in [1.807, 2.05) is 0 Å². The number of carbonyl (C=O) groups excluding carboxylic acids is 1. The van der Waals surface area contributed by atoms with Gasteiger partial charge in [0, 0.05) is 12.2 Å². The first kappa shape index (κ1) is 12.3. The summed E-state index contributed by atoms with van der Waals surface area (Å²) < 4.78 is 0. The van der Waals surface area contributed by atoms with E-state index in [0.29, 0.717) is 5.92 Å². The molecule has 4 nitrogen and oxygen atoms in total. The summed E-state index contributed by atoms with van der Waals surface area (Å²) in [7, 11) is 0. The molecule has 5 heteroatoms. The molecule has 0 bridgehead atoms. The second-order valence-electron chi connectivity index (χ2n) is 5.72. The lowest BCUT2D eigenvalue weighted by molar-refractivity contribution is -0.135. The van der Waals surface area contributed by atoms with Crippen molar-refractivity contribution in [3.05, 3.63) is 0 Å². The standard InChI is InChI=1S/C13H19N3OS/c14-7-10-8-18-11-6-13(15,12(17)16(10)11)9-4-2-1-3-5-9/h9-11H,1-6,8,15H2. The fourth-order valence-corrected chi connectivity index (χ4v) is 5.10. The fourth-order valence-electron chi connectivity index (χ4n) is 3.67. The Bertz CT molecular complexity index is 402. The van der Waals surface area contributed by atoms with Gasteiger partial charge in [0.1, 0.15) is 11.6 Å². The molecule has 3 unspecified atom stereocenters. The Morgan fingerprint density at radius 3 is 2.78 bits per heavy atom. The van der Waals surface area contributed by atoms with E-state index in [4.69, 9.17) is 11.0 Å². The van der Waals surface area contributed by atoms with Crippen molar-refractivity contribution in [3.8, 4) is 6.07 Å². The highest BCUT2D eigenvalue weighted by molar-refractivity contribution is 8.00. The molecule has 18 heavy (non-hydrogen) atoms. The number of hydrogen-bond acceptors (Lipinski definition) is 4. The number of amides is 1. The van der Waals surface area contributed by atoms with E-state index in [0.717, 1.165) is 25.0 Å². The number of thioether (sulfide) groups is 1. The van der Waals surface area contributed by atoms with Gasteiger partial charge in [-0.2, -0.15) is 5.26 Å². The topological polar surface area (TPSA) is 70.1 Å². The molecule has 0 aromatic heterocycles. The molecule has 2 N–H and O–H groups in total. The molecule has 3 fully saturated rings. The van der Waals surface area contributed by atoms with Gasteiger partial charge in [0.05, 0.1) is 11.4 Å². The van der Waals surface area contributed by atoms with Crippen molar-refractivity contribution in [1.29, 1.82) is 5.26 Å². The summed E-state index contributed by atoms with van der Waals surface area (Å²) in [6.07, 6.45) is 6.53. The van der Waals surface area contributed by atoms with Gasteiger partial charge >= 0.3 is 0 Å². The molecular weight excluding hydrogens is 246 g/mol. The Hall–Kier alpha value is -0.730. The molecule has 2 saturated heterocycles. The second kappa shape index (κ2) is 4.43. The first-order valence-electron chi connectivity index (χ1n) is 6.79. The summed E-state index contributed by atoms with van der Waals surface area (Å²) >= 11 is 1.72. The molecule has 2 aliphatic heterocycles. The van der Waals surface area contributed by atoms with Gasteiger partial charge in [-0.15, -0.1) is 11.8 Å². The summed E-state index contributed by atoms with van der Waals surface area (Å²) in [5.41, 5.74) is 5.78. The lowest BCUT2D eigenvalue weighted by Gasteiger charge is -2.35. The van der Waals surface area contributed by atoms with Crippen LogP contribution in [0.15, 0.2) is 0 Å². The van der Waals surface area contributed by atoms with Crippen molar-refractivity contribution >= 4 is 17.7 Å². The van der Waals surface area contributed by atoms with Crippen LogP contribution in [0, 0.1) is 17.2 Å². The number of fused-ring (bicyclic) bond motifs is 1. The molecule has 3 atom stereocenters. The lowest BCUT2D eigenvalue weighted by Crippen LogP contribution is -2.55. The SMILES string of the molecule is N#CC1CSC2CC(N)(C3CCCCC3)C(=O)N12. The number of nitrogens with zero attached hydrogens (tertiary/aromatic N) is 2. The zero-order valence-corrected chi connectivity index (χ0v) is 11.3. The Morgan fingerprint density at radius 2 is 2.11 bits per heavy atom. The molecule has 1 aliphatic carbocycles. The maximum atomic E-state index is 12.6. The normalized spacial score (nSPS) is 40.9. The number of nitrogens with two attached hydrogens (primary N) is 1. The average molecular weight is 265 g/mol. The van der Waals surface area contributed by atoms with E-state index in [-0.39, 0.29) is 17.3 Å². The van der Waals surface area contributed by atoms with Crippen LogP contribution < -0.4 is 5.73 Å². The van der Waals surface area contributed by atoms with Crippen LogP contribution in [0.3, 0.4) is 0 Å². The third kappa shape index (κ3) is 1.66. The largest absolute Gasteiger partial charge is 0.317 e. The van der Waals surface area contributed by atoms with Crippen molar-refractivity contribution in [3.63, 3.8) is 0 Å². The molecule has 1 saturated carbocycles. The van der Waals surface area contributed by atoms with Crippen LogP contribution in [-0.4, -0.2) is 33.5 Å². The summed E-state index contributed by atoms with van der Waals surface area (Å²) in [5.74, 6) is 1.11. The minimum atomic E-state index is -0.687. The van der Waals surface area contributed by atoms with E-state index in [2.05, 4.69) is 6.07 Å². The molecule has 1 amide bonds.